The Morgan fingerprint density at radius 3 is 0.500 bits per heavy atom. The van der Waals surface area contributed by atoms with E-state index >= 15 is 0 Å². The average molecular weight is 342 g/mol. The molecule has 0 atom stereocenters. The SMILES string of the molecule is FC(F)(F)[P+](C(F)(F)F)(C(F)(F)F)C(F)(F)F.[Cl-]. The third-order valence-electron chi connectivity index (χ3n) is 1.52. The van der Waals surface area contributed by atoms with Gasteiger partial charge in [-0.3, -0.25) is 0 Å². The van der Waals surface area contributed by atoms with E-state index in [1.807, 2.05) is 0 Å². The molecular formula is C4ClF12P. The van der Waals surface area contributed by atoms with Crippen LogP contribution in [0.3, 0.4) is 0 Å². The molecule has 0 aliphatic rings. The summed E-state index contributed by atoms with van der Waals surface area (Å²) < 4.78 is 141. The Morgan fingerprint density at radius 2 is 0.500 bits per heavy atom. The standard InChI is InChI=1S/C4F12P.ClH/c5-1(6,7)17(2(8,9)10,3(11,12)13)4(14,15)16;/h;1H/q+1;/p-1. The number of alkyl halides is 12. The van der Waals surface area contributed by atoms with E-state index < -0.39 is 30.9 Å². The molecule has 0 aromatic carbocycles. The second-order valence-electron chi connectivity index (χ2n) is 2.54. The lowest BCUT2D eigenvalue weighted by atomic mass is 11.4. The van der Waals surface area contributed by atoms with Gasteiger partial charge in [0.25, 0.3) is 0 Å². The Balaban J connectivity index is 0. The predicted molar refractivity (Wildman–Crippen MR) is 31.1 cm³/mol. The Labute approximate surface area is 97.1 Å². The summed E-state index contributed by atoms with van der Waals surface area (Å²) in [5.74, 6) is -30.0. The van der Waals surface area contributed by atoms with Crippen LogP contribution >= 0.6 is 7.26 Å². The largest absolute Gasteiger partial charge is 1.00 e. The Bertz CT molecular complexity index is 217. The second kappa shape index (κ2) is 4.77. The lowest BCUT2D eigenvalue weighted by Gasteiger charge is -2.30. The van der Waals surface area contributed by atoms with Crippen LogP contribution in [0.2, 0.25) is 0 Å². The maximum Gasteiger partial charge on any atom is 0.538 e. The molecule has 0 saturated carbocycles. The van der Waals surface area contributed by atoms with Gasteiger partial charge in [-0.2, -0.15) is 0 Å². The van der Waals surface area contributed by atoms with Gasteiger partial charge in [0, 0.05) is 0 Å². The lowest BCUT2D eigenvalue weighted by Crippen LogP contribution is -3.00. The van der Waals surface area contributed by atoms with Crippen LogP contribution in [0.1, 0.15) is 0 Å². The number of halogens is 13. The number of rotatable bonds is 0. The zero-order chi connectivity index (χ0) is 14.5. The number of hydrogen-bond donors (Lipinski definition) is 0. The summed E-state index contributed by atoms with van der Waals surface area (Å²) in [6.45, 7) is 0. The highest BCUT2D eigenvalue weighted by atomic mass is 35.5. The fraction of sp³-hybridized carbons (Fsp3) is 1.00. The first kappa shape index (κ1) is 20.2. The van der Waals surface area contributed by atoms with Crippen molar-refractivity contribution in [1.82, 2.24) is 0 Å². The molecular weight excluding hydrogens is 342 g/mol. The van der Waals surface area contributed by atoms with Crippen molar-refractivity contribution < 1.29 is 65.1 Å². The van der Waals surface area contributed by atoms with Crippen molar-refractivity contribution in [3.63, 3.8) is 0 Å². The molecule has 0 spiro atoms. The van der Waals surface area contributed by atoms with E-state index in [4.69, 9.17) is 0 Å². The average Bonchev–Trinajstić information content (AvgIpc) is 1.67. The highest BCUT2D eigenvalue weighted by molar-refractivity contribution is 7.79. The van der Waals surface area contributed by atoms with Crippen LogP contribution in [0.5, 0.6) is 0 Å². The van der Waals surface area contributed by atoms with Gasteiger partial charge in [-0.25, -0.2) is 0 Å². The predicted octanol–water partition coefficient (Wildman–Crippen LogP) is 2.09. The van der Waals surface area contributed by atoms with Gasteiger partial charge in [-0.15, -0.1) is 52.7 Å². The summed E-state index contributed by atoms with van der Waals surface area (Å²) in [4.78, 5) is 0. The summed E-state index contributed by atoms with van der Waals surface area (Å²) in [7, 11) is -9.23. The van der Waals surface area contributed by atoms with Crippen molar-refractivity contribution in [2.45, 2.75) is 23.7 Å². The van der Waals surface area contributed by atoms with Crippen molar-refractivity contribution in [1.29, 1.82) is 0 Å². The molecule has 0 aliphatic heterocycles. The summed E-state index contributed by atoms with van der Waals surface area (Å²) in [6.07, 6.45) is 0. The molecule has 0 rings (SSSR count). The van der Waals surface area contributed by atoms with E-state index in [0.29, 0.717) is 0 Å². The van der Waals surface area contributed by atoms with E-state index in [-0.39, 0.29) is 12.4 Å². The maximum absolute atomic E-state index is 11.8. The van der Waals surface area contributed by atoms with Crippen LogP contribution in [0.25, 0.3) is 0 Å². The van der Waals surface area contributed by atoms with Crippen molar-refractivity contribution in [2.24, 2.45) is 0 Å². The van der Waals surface area contributed by atoms with E-state index in [1.165, 1.54) is 0 Å². The monoisotopic (exact) mass is 342 g/mol. The molecule has 0 fully saturated rings. The summed E-state index contributed by atoms with van der Waals surface area (Å²) in [6, 6.07) is 0. The Kier molecular flexibility index (Phi) is 5.35. The van der Waals surface area contributed by atoms with E-state index in [9.17, 15) is 52.7 Å². The van der Waals surface area contributed by atoms with Crippen LogP contribution in [0.4, 0.5) is 52.7 Å². The van der Waals surface area contributed by atoms with Gasteiger partial charge < -0.3 is 12.4 Å². The topological polar surface area (TPSA) is 0 Å². The molecule has 14 heteroatoms. The van der Waals surface area contributed by atoms with E-state index in [0.717, 1.165) is 0 Å². The first-order valence-electron chi connectivity index (χ1n) is 3.16. The smallest absolute Gasteiger partial charge is 0.538 e. The van der Waals surface area contributed by atoms with Gasteiger partial charge in [-0.05, 0) is 0 Å². The lowest BCUT2D eigenvalue weighted by molar-refractivity contribution is -0.170. The van der Waals surface area contributed by atoms with Crippen LogP contribution < -0.4 is 12.4 Å². The number of hydrogen-bond acceptors (Lipinski definition) is 0. The third kappa shape index (κ3) is 2.73. The highest BCUT2D eigenvalue weighted by Crippen LogP contribution is 2.94. The van der Waals surface area contributed by atoms with Crippen molar-refractivity contribution in [3.8, 4) is 0 Å². The second-order valence-corrected chi connectivity index (χ2v) is 5.91. The van der Waals surface area contributed by atoms with Gasteiger partial charge in [0.15, 0.2) is 0 Å². The van der Waals surface area contributed by atoms with Crippen LogP contribution in [0, 0.1) is 0 Å². The minimum absolute atomic E-state index is 0. The minimum Gasteiger partial charge on any atom is -1.00 e. The van der Waals surface area contributed by atoms with Crippen molar-refractivity contribution in [3.05, 3.63) is 0 Å². The fourth-order valence-electron chi connectivity index (χ4n) is 0.862. The van der Waals surface area contributed by atoms with Gasteiger partial charge in [0.1, 0.15) is 0 Å². The van der Waals surface area contributed by atoms with Crippen LogP contribution in [0.15, 0.2) is 0 Å². The first-order valence-corrected chi connectivity index (χ1v) is 4.95. The Morgan fingerprint density at radius 1 is 0.389 bits per heavy atom. The fourth-order valence-corrected chi connectivity index (χ4v) is 2.59. The molecule has 0 aliphatic carbocycles. The first-order chi connectivity index (χ1) is 7.00. The van der Waals surface area contributed by atoms with Gasteiger partial charge in [0.2, 0.25) is 0 Å². The molecule has 0 heterocycles. The molecule has 0 nitrogen and oxygen atoms in total. The van der Waals surface area contributed by atoms with Crippen LogP contribution in [-0.2, 0) is 0 Å². The van der Waals surface area contributed by atoms with Gasteiger partial charge in [0.05, 0.1) is 0 Å². The van der Waals surface area contributed by atoms with E-state index in [2.05, 4.69) is 0 Å². The normalized spacial score (nSPS) is 15.3. The summed E-state index contributed by atoms with van der Waals surface area (Å²) >= 11 is 0. The molecule has 0 N–H and O–H groups in total. The molecule has 112 valence electrons. The molecule has 0 aromatic rings. The third-order valence-corrected chi connectivity index (χ3v) is 4.56. The zero-order valence-corrected chi connectivity index (χ0v) is 9.01. The molecule has 0 amide bonds. The molecule has 0 saturated heterocycles. The highest BCUT2D eigenvalue weighted by Gasteiger charge is 3.04. The Hall–Kier alpha value is -0.120. The van der Waals surface area contributed by atoms with Crippen molar-refractivity contribution in [2.75, 3.05) is 0 Å². The molecule has 18 heavy (non-hydrogen) atoms. The van der Waals surface area contributed by atoms with Crippen molar-refractivity contribution >= 4 is 7.26 Å². The molecule has 0 unspecified atom stereocenters. The quantitative estimate of drug-likeness (QED) is 0.467. The molecule has 0 radical (unpaired) electrons. The zero-order valence-electron chi connectivity index (χ0n) is 7.36. The molecule has 0 bridgehead atoms. The summed E-state index contributed by atoms with van der Waals surface area (Å²) in [5, 5.41) is 0. The van der Waals surface area contributed by atoms with E-state index in [1.54, 1.807) is 0 Å². The minimum atomic E-state index is -9.23. The van der Waals surface area contributed by atoms with Crippen LogP contribution in [-0.4, -0.2) is 23.7 Å². The maximum atomic E-state index is 11.8. The summed E-state index contributed by atoms with van der Waals surface area (Å²) in [5.41, 5.74) is 0. The molecule has 0 aromatic heterocycles. The van der Waals surface area contributed by atoms with Gasteiger partial charge in [-0.1, -0.05) is 0 Å². The van der Waals surface area contributed by atoms with Gasteiger partial charge >= 0.3 is 30.9 Å².